The minimum absolute atomic E-state index is 0.258. The lowest BCUT2D eigenvalue weighted by molar-refractivity contribution is 0.0535. The normalized spacial score (nSPS) is 18.4. The second-order valence-electron chi connectivity index (χ2n) is 4.37. The van der Waals surface area contributed by atoms with Crippen LogP contribution in [-0.4, -0.2) is 43.3 Å². The third-order valence-electron chi connectivity index (χ3n) is 2.98. The predicted molar refractivity (Wildman–Crippen MR) is 64.0 cm³/mol. The van der Waals surface area contributed by atoms with Crippen LogP contribution < -0.4 is 5.73 Å². The molecule has 0 aliphatic heterocycles. The van der Waals surface area contributed by atoms with Crippen molar-refractivity contribution in [2.45, 2.75) is 51.7 Å². The minimum atomic E-state index is 0.258. The van der Waals surface area contributed by atoms with Gasteiger partial charge >= 0.3 is 0 Å². The second-order valence-corrected chi connectivity index (χ2v) is 4.37. The summed E-state index contributed by atoms with van der Waals surface area (Å²) in [5.74, 6) is 0. The van der Waals surface area contributed by atoms with Crippen molar-refractivity contribution < 1.29 is 4.74 Å². The van der Waals surface area contributed by atoms with Crippen LogP contribution in [0.3, 0.4) is 0 Å². The number of rotatable bonds is 9. The Hall–Kier alpha value is -0.120. The van der Waals surface area contributed by atoms with E-state index in [1.54, 1.807) is 0 Å². The number of ether oxygens (including phenoxy) is 1. The Morgan fingerprint density at radius 1 is 1.33 bits per heavy atom. The van der Waals surface area contributed by atoms with E-state index in [4.69, 9.17) is 10.5 Å². The number of hydrogen-bond donors (Lipinski definition) is 1. The average Bonchev–Trinajstić information content (AvgIpc) is 3.06. The topological polar surface area (TPSA) is 38.5 Å². The molecule has 0 heterocycles. The number of nitrogens with two attached hydrogens (primary N) is 1. The minimum Gasteiger partial charge on any atom is -0.377 e. The molecule has 0 radical (unpaired) electrons. The molecule has 0 saturated heterocycles. The predicted octanol–water partition coefficient (Wildman–Crippen LogP) is 1.61. The van der Waals surface area contributed by atoms with Crippen LogP contribution in [0.2, 0.25) is 0 Å². The first-order chi connectivity index (χ1) is 7.31. The van der Waals surface area contributed by atoms with Crippen LogP contribution in [-0.2, 0) is 4.74 Å². The number of nitrogens with zero attached hydrogens (tertiary/aromatic N) is 1. The molecule has 2 N–H and O–H groups in total. The summed E-state index contributed by atoms with van der Waals surface area (Å²) < 4.78 is 5.57. The highest BCUT2D eigenvalue weighted by molar-refractivity contribution is 4.84. The molecule has 3 nitrogen and oxygen atoms in total. The number of hydrogen-bond acceptors (Lipinski definition) is 3. The van der Waals surface area contributed by atoms with Crippen molar-refractivity contribution in [1.82, 2.24) is 4.90 Å². The van der Waals surface area contributed by atoms with Gasteiger partial charge < -0.3 is 15.4 Å². The molecule has 1 aliphatic rings. The highest BCUT2D eigenvalue weighted by Crippen LogP contribution is 2.27. The van der Waals surface area contributed by atoms with Gasteiger partial charge in [0, 0.05) is 25.7 Å². The molecule has 1 saturated carbocycles. The van der Waals surface area contributed by atoms with Crippen LogP contribution in [0.4, 0.5) is 0 Å². The van der Waals surface area contributed by atoms with Gasteiger partial charge in [0.15, 0.2) is 0 Å². The van der Waals surface area contributed by atoms with Gasteiger partial charge in [0.25, 0.3) is 0 Å². The van der Waals surface area contributed by atoms with Crippen molar-refractivity contribution in [2.24, 2.45) is 5.73 Å². The monoisotopic (exact) mass is 214 g/mol. The molecule has 0 aromatic rings. The van der Waals surface area contributed by atoms with E-state index in [0.717, 1.165) is 25.6 Å². The molecule has 1 fully saturated rings. The summed E-state index contributed by atoms with van der Waals surface area (Å²) in [5, 5.41) is 0. The van der Waals surface area contributed by atoms with Crippen LogP contribution in [0, 0.1) is 0 Å². The fourth-order valence-corrected chi connectivity index (χ4v) is 2.02. The average molecular weight is 214 g/mol. The van der Waals surface area contributed by atoms with E-state index in [1.165, 1.54) is 25.8 Å². The van der Waals surface area contributed by atoms with Crippen LogP contribution in [0.1, 0.15) is 39.5 Å². The van der Waals surface area contributed by atoms with E-state index in [2.05, 4.69) is 11.8 Å². The SMILES string of the molecule is CCCN(CCC(CN)OCC)C1CC1. The molecule has 0 amide bonds. The van der Waals surface area contributed by atoms with Gasteiger partial charge in [-0.2, -0.15) is 0 Å². The van der Waals surface area contributed by atoms with Gasteiger partial charge in [-0.15, -0.1) is 0 Å². The maximum atomic E-state index is 5.67. The summed E-state index contributed by atoms with van der Waals surface area (Å²) in [6, 6.07) is 0.866. The summed E-state index contributed by atoms with van der Waals surface area (Å²) in [5.41, 5.74) is 5.67. The highest BCUT2D eigenvalue weighted by Gasteiger charge is 2.28. The van der Waals surface area contributed by atoms with Crippen molar-refractivity contribution in [2.75, 3.05) is 26.2 Å². The molecule has 90 valence electrons. The molecule has 3 heteroatoms. The molecule has 15 heavy (non-hydrogen) atoms. The second kappa shape index (κ2) is 7.20. The van der Waals surface area contributed by atoms with Gasteiger partial charge in [0.2, 0.25) is 0 Å². The Balaban J connectivity index is 2.18. The molecule has 0 spiro atoms. The summed E-state index contributed by atoms with van der Waals surface area (Å²) in [4.78, 5) is 2.60. The Bertz CT molecular complexity index is 160. The van der Waals surface area contributed by atoms with Gasteiger partial charge in [-0.25, -0.2) is 0 Å². The van der Waals surface area contributed by atoms with Gasteiger partial charge in [-0.1, -0.05) is 6.92 Å². The summed E-state index contributed by atoms with van der Waals surface area (Å²) >= 11 is 0. The zero-order valence-electron chi connectivity index (χ0n) is 10.2. The Morgan fingerprint density at radius 2 is 2.07 bits per heavy atom. The molecular formula is C12H26N2O. The molecule has 0 aromatic heterocycles. The fourth-order valence-electron chi connectivity index (χ4n) is 2.02. The van der Waals surface area contributed by atoms with Gasteiger partial charge in [0.1, 0.15) is 0 Å². The van der Waals surface area contributed by atoms with Crippen LogP contribution in [0.5, 0.6) is 0 Å². The first kappa shape index (κ1) is 12.9. The third kappa shape index (κ3) is 4.96. The van der Waals surface area contributed by atoms with Crippen LogP contribution in [0.25, 0.3) is 0 Å². The van der Waals surface area contributed by atoms with Gasteiger partial charge in [-0.05, 0) is 39.2 Å². The summed E-state index contributed by atoms with van der Waals surface area (Å²) in [7, 11) is 0. The lowest BCUT2D eigenvalue weighted by atomic mass is 10.2. The molecule has 0 bridgehead atoms. The van der Waals surface area contributed by atoms with E-state index in [0.29, 0.717) is 6.54 Å². The van der Waals surface area contributed by atoms with Crippen molar-refractivity contribution in [3.8, 4) is 0 Å². The van der Waals surface area contributed by atoms with E-state index >= 15 is 0 Å². The molecule has 1 aliphatic carbocycles. The van der Waals surface area contributed by atoms with Crippen molar-refractivity contribution >= 4 is 0 Å². The Labute approximate surface area is 94.0 Å². The third-order valence-corrected chi connectivity index (χ3v) is 2.98. The van der Waals surface area contributed by atoms with Crippen molar-refractivity contribution in [3.63, 3.8) is 0 Å². The van der Waals surface area contributed by atoms with E-state index in [1.807, 2.05) is 6.92 Å². The first-order valence-electron chi connectivity index (χ1n) is 6.37. The van der Waals surface area contributed by atoms with Crippen LogP contribution >= 0.6 is 0 Å². The van der Waals surface area contributed by atoms with Crippen LogP contribution in [0.15, 0.2) is 0 Å². The fraction of sp³-hybridized carbons (Fsp3) is 1.00. The van der Waals surface area contributed by atoms with Crippen molar-refractivity contribution in [1.29, 1.82) is 0 Å². The van der Waals surface area contributed by atoms with E-state index in [-0.39, 0.29) is 6.10 Å². The summed E-state index contributed by atoms with van der Waals surface area (Å²) in [6.45, 7) is 8.09. The van der Waals surface area contributed by atoms with E-state index < -0.39 is 0 Å². The zero-order chi connectivity index (χ0) is 11.1. The molecule has 1 rings (SSSR count). The molecule has 1 unspecified atom stereocenters. The maximum Gasteiger partial charge on any atom is 0.0709 e. The molecule has 1 atom stereocenters. The Kier molecular flexibility index (Phi) is 6.22. The maximum absolute atomic E-state index is 5.67. The van der Waals surface area contributed by atoms with Gasteiger partial charge in [-0.3, -0.25) is 0 Å². The highest BCUT2D eigenvalue weighted by atomic mass is 16.5. The van der Waals surface area contributed by atoms with Crippen molar-refractivity contribution in [3.05, 3.63) is 0 Å². The largest absolute Gasteiger partial charge is 0.377 e. The zero-order valence-corrected chi connectivity index (χ0v) is 10.2. The first-order valence-corrected chi connectivity index (χ1v) is 6.37. The Morgan fingerprint density at radius 3 is 2.53 bits per heavy atom. The summed E-state index contributed by atoms with van der Waals surface area (Å²) in [6.07, 6.45) is 5.37. The van der Waals surface area contributed by atoms with Gasteiger partial charge in [0.05, 0.1) is 6.10 Å². The molecular weight excluding hydrogens is 188 g/mol. The van der Waals surface area contributed by atoms with E-state index in [9.17, 15) is 0 Å². The standard InChI is InChI=1S/C12H26N2O/c1-3-8-14(11-5-6-11)9-7-12(10-13)15-4-2/h11-12H,3-10,13H2,1-2H3. The quantitative estimate of drug-likeness (QED) is 0.634. The lowest BCUT2D eigenvalue weighted by Crippen LogP contribution is -2.33. The molecule has 0 aromatic carbocycles. The lowest BCUT2D eigenvalue weighted by Gasteiger charge is -2.24. The smallest absolute Gasteiger partial charge is 0.0709 e.